The van der Waals surface area contributed by atoms with Gasteiger partial charge in [0.05, 0.1) is 12.1 Å². The number of carbonyl (C=O) groups is 1. The summed E-state index contributed by atoms with van der Waals surface area (Å²) in [4.78, 5) is 18.5. The van der Waals surface area contributed by atoms with Gasteiger partial charge in [-0.15, -0.1) is 0 Å². The molecule has 0 aliphatic rings. The van der Waals surface area contributed by atoms with Gasteiger partial charge in [-0.3, -0.25) is 4.79 Å². The molecule has 124 valence electrons. The molecule has 1 aromatic carbocycles. The molecular weight excluding hydrogens is 290 g/mol. The highest BCUT2D eigenvalue weighted by molar-refractivity contribution is 5.78. The van der Waals surface area contributed by atoms with Crippen molar-refractivity contribution in [3.8, 4) is 11.5 Å². The maximum Gasteiger partial charge on any atom is 0.226 e. The number of oxazole rings is 1. The molecule has 0 bridgehead atoms. The van der Waals surface area contributed by atoms with E-state index in [0.29, 0.717) is 23.9 Å². The molecule has 0 spiro atoms. The van der Waals surface area contributed by atoms with Crippen LogP contribution in [0.15, 0.2) is 28.7 Å². The molecule has 23 heavy (non-hydrogen) atoms. The van der Waals surface area contributed by atoms with Crippen LogP contribution in [0, 0.1) is 6.92 Å². The van der Waals surface area contributed by atoms with E-state index in [2.05, 4.69) is 29.4 Å². The van der Waals surface area contributed by atoms with E-state index in [1.807, 2.05) is 38.1 Å². The number of aryl methyl sites for hydroxylation is 2. The van der Waals surface area contributed by atoms with Gasteiger partial charge >= 0.3 is 0 Å². The van der Waals surface area contributed by atoms with Crippen molar-refractivity contribution in [1.82, 2.24) is 15.2 Å². The average molecular weight is 315 g/mol. The number of rotatable bonds is 7. The summed E-state index contributed by atoms with van der Waals surface area (Å²) in [6, 6.07) is 8.15. The van der Waals surface area contributed by atoms with Crippen molar-refractivity contribution in [3.63, 3.8) is 0 Å². The first-order valence-electron chi connectivity index (χ1n) is 7.96. The van der Waals surface area contributed by atoms with Crippen molar-refractivity contribution in [2.45, 2.75) is 26.7 Å². The molecule has 0 aliphatic heterocycles. The molecule has 5 heteroatoms. The standard InChI is InChI=1S/C18H25N3O2/c1-5-14-6-8-15(9-7-14)18-20-16(13(2)23-18)12-17(22)19-10-11-21(3)4/h6-9H,5,10-12H2,1-4H3,(H,19,22). The molecule has 0 saturated heterocycles. The fourth-order valence-corrected chi connectivity index (χ4v) is 2.23. The number of benzene rings is 1. The summed E-state index contributed by atoms with van der Waals surface area (Å²) in [5.41, 5.74) is 2.91. The highest BCUT2D eigenvalue weighted by Crippen LogP contribution is 2.22. The van der Waals surface area contributed by atoms with Crippen molar-refractivity contribution in [1.29, 1.82) is 0 Å². The van der Waals surface area contributed by atoms with E-state index in [9.17, 15) is 4.79 Å². The number of amides is 1. The largest absolute Gasteiger partial charge is 0.441 e. The lowest BCUT2D eigenvalue weighted by molar-refractivity contribution is -0.120. The van der Waals surface area contributed by atoms with Gasteiger partial charge in [-0.2, -0.15) is 0 Å². The predicted molar refractivity (Wildman–Crippen MR) is 91.3 cm³/mol. The molecule has 0 atom stereocenters. The number of likely N-dealkylation sites (N-methyl/N-ethyl adjacent to an activating group) is 1. The van der Waals surface area contributed by atoms with Gasteiger partial charge in [0.2, 0.25) is 11.8 Å². The molecule has 5 nitrogen and oxygen atoms in total. The van der Waals surface area contributed by atoms with Gasteiger partial charge in [-0.05, 0) is 45.1 Å². The normalized spacial score (nSPS) is 11.0. The summed E-state index contributed by atoms with van der Waals surface area (Å²) < 4.78 is 5.72. The van der Waals surface area contributed by atoms with Gasteiger partial charge in [0, 0.05) is 18.7 Å². The van der Waals surface area contributed by atoms with Crippen LogP contribution in [0.3, 0.4) is 0 Å². The number of aromatic nitrogens is 1. The summed E-state index contributed by atoms with van der Waals surface area (Å²) in [6.07, 6.45) is 1.25. The second-order valence-corrected chi connectivity index (χ2v) is 5.90. The third kappa shape index (κ3) is 4.93. The molecule has 0 aliphatic carbocycles. The zero-order valence-electron chi connectivity index (χ0n) is 14.3. The Kier molecular flexibility index (Phi) is 5.93. The average Bonchev–Trinajstić information content (AvgIpc) is 2.88. The first kappa shape index (κ1) is 17.2. The summed E-state index contributed by atoms with van der Waals surface area (Å²) in [5, 5.41) is 2.89. The minimum atomic E-state index is -0.0314. The van der Waals surface area contributed by atoms with Crippen LogP contribution in [0.2, 0.25) is 0 Å². The predicted octanol–water partition coefficient (Wildman–Crippen LogP) is 2.43. The van der Waals surface area contributed by atoms with Crippen LogP contribution in [0.25, 0.3) is 11.5 Å². The molecular formula is C18H25N3O2. The lowest BCUT2D eigenvalue weighted by atomic mass is 10.1. The third-order valence-corrected chi connectivity index (χ3v) is 3.71. The molecule has 1 amide bonds. The van der Waals surface area contributed by atoms with E-state index in [4.69, 9.17) is 4.42 Å². The Bertz CT molecular complexity index is 645. The second-order valence-electron chi connectivity index (χ2n) is 5.90. The fourth-order valence-electron chi connectivity index (χ4n) is 2.23. The second kappa shape index (κ2) is 7.92. The van der Waals surface area contributed by atoms with Gasteiger partial charge in [-0.1, -0.05) is 19.1 Å². The summed E-state index contributed by atoms with van der Waals surface area (Å²) in [7, 11) is 3.95. The van der Waals surface area contributed by atoms with E-state index >= 15 is 0 Å². The topological polar surface area (TPSA) is 58.4 Å². The summed E-state index contributed by atoms with van der Waals surface area (Å²) >= 11 is 0. The Morgan fingerprint density at radius 3 is 2.57 bits per heavy atom. The zero-order chi connectivity index (χ0) is 16.8. The maximum absolute atomic E-state index is 12.0. The SMILES string of the molecule is CCc1ccc(-c2nc(CC(=O)NCCN(C)C)c(C)o2)cc1. The van der Waals surface area contributed by atoms with Crippen molar-refractivity contribution < 1.29 is 9.21 Å². The summed E-state index contributed by atoms with van der Waals surface area (Å²) in [5.74, 6) is 1.24. The molecule has 1 aromatic heterocycles. The van der Waals surface area contributed by atoms with Crippen molar-refractivity contribution in [2.24, 2.45) is 0 Å². The highest BCUT2D eigenvalue weighted by atomic mass is 16.4. The molecule has 2 rings (SSSR count). The Labute approximate surface area is 137 Å². The third-order valence-electron chi connectivity index (χ3n) is 3.71. The van der Waals surface area contributed by atoms with Crippen molar-refractivity contribution in [3.05, 3.63) is 41.3 Å². The van der Waals surface area contributed by atoms with Crippen molar-refractivity contribution >= 4 is 5.91 Å². The van der Waals surface area contributed by atoms with Gasteiger partial charge in [-0.25, -0.2) is 4.98 Å². The lowest BCUT2D eigenvalue weighted by Crippen LogP contribution is -2.32. The number of nitrogens with one attached hydrogen (secondary N) is 1. The first-order chi connectivity index (χ1) is 11.0. The summed E-state index contributed by atoms with van der Waals surface area (Å²) in [6.45, 7) is 5.42. The monoisotopic (exact) mass is 315 g/mol. The minimum Gasteiger partial charge on any atom is -0.441 e. The molecule has 0 saturated carbocycles. The highest BCUT2D eigenvalue weighted by Gasteiger charge is 2.14. The van der Waals surface area contributed by atoms with Crippen LogP contribution >= 0.6 is 0 Å². The minimum absolute atomic E-state index is 0.0314. The van der Waals surface area contributed by atoms with E-state index in [1.165, 1.54) is 5.56 Å². The Morgan fingerprint density at radius 2 is 1.96 bits per heavy atom. The van der Waals surface area contributed by atoms with Crippen molar-refractivity contribution in [2.75, 3.05) is 27.2 Å². The number of hydrogen-bond acceptors (Lipinski definition) is 4. The molecule has 0 radical (unpaired) electrons. The van der Waals surface area contributed by atoms with Crippen LogP contribution in [-0.4, -0.2) is 43.0 Å². The van der Waals surface area contributed by atoms with Gasteiger partial charge < -0.3 is 14.6 Å². The molecule has 0 unspecified atom stereocenters. The first-order valence-corrected chi connectivity index (χ1v) is 7.96. The number of hydrogen-bond donors (Lipinski definition) is 1. The quantitative estimate of drug-likeness (QED) is 0.852. The Morgan fingerprint density at radius 1 is 1.26 bits per heavy atom. The number of carbonyl (C=O) groups excluding carboxylic acids is 1. The van der Waals surface area contributed by atoms with E-state index in [0.717, 1.165) is 18.5 Å². The van der Waals surface area contributed by atoms with Gasteiger partial charge in [0.15, 0.2) is 0 Å². The number of nitrogens with zero attached hydrogens (tertiary/aromatic N) is 2. The van der Waals surface area contributed by atoms with Crippen LogP contribution in [0.1, 0.15) is 23.9 Å². The molecule has 1 N–H and O–H groups in total. The van der Waals surface area contributed by atoms with E-state index < -0.39 is 0 Å². The lowest BCUT2D eigenvalue weighted by Gasteiger charge is -2.09. The van der Waals surface area contributed by atoms with Crippen LogP contribution in [0.5, 0.6) is 0 Å². The van der Waals surface area contributed by atoms with Crippen LogP contribution in [0.4, 0.5) is 0 Å². The zero-order valence-corrected chi connectivity index (χ0v) is 14.3. The van der Waals surface area contributed by atoms with Gasteiger partial charge in [0.25, 0.3) is 0 Å². The van der Waals surface area contributed by atoms with Gasteiger partial charge in [0.1, 0.15) is 5.76 Å². The smallest absolute Gasteiger partial charge is 0.226 e. The van der Waals surface area contributed by atoms with Crippen LogP contribution in [-0.2, 0) is 17.6 Å². The molecule has 0 fully saturated rings. The fraction of sp³-hybridized carbons (Fsp3) is 0.444. The Hall–Kier alpha value is -2.14. The maximum atomic E-state index is 12.0. The Balaban J connectivity index is 2.01. The van der Waals surface area contributed by atoms with Crippen LogP contribution < -0.4 is 5.32 Å². The van der Waals surface area contributed by atoms with E-state index in [-0.39, 0.29) is 12.3 Å². The molecule has 1 heterocycles. The molecule has 2 aromatic rings. The van der Waals surface area contributed by atoms with E-state index in [1.54, 1.807) is 0 Å².